The van der Waals surface area contributed by atoms with E-state index >= 15 is 0 Å². The van der Waals surface area contributed by atoms with E-state index in [0.717, 1.165) is 11.3 Å². The molecule has 0 aliphatic heterocycles. The number of rotatable bonds is 3. The molecule has 4 heteroatoms. The van der Waals surface area contributed by atoms with E-state index in [1.807, 2.05) is 43.3 Å². The van der Waals surface area contributed by atoms with Crippen molar-refractivity contribution >= 4 is 18.3 Å². The summed E-state index contributed by atoms with van der Waals surface area (Å²) in [7, 11) is 3.97. The lowest BCUT2D eigenvalue weighted by Crippen LogP contribution is -2.12. The van der Waals surface area contributed by atoms with Gasteiger partial charge in [0.2, 0.25) is 0 Å². The quantitative estimate of drug-likeness (QED) is 0.833. The number of aromatic nitrogens is 1. The van der Waals surface area contributed by atoms with Crippen LogP contribution in [0.25, 0.3) is 0 Å². The number of thiol groups is 1. The van der Waals surface area contributed by atoms with Crippen LogP contribution in [0.15, 0.2) is 42.6 Å². The van der Waals surface area contributed by atoms with Crippen LogP contribution in [0.1, 0.15) is 16.5 Å². The molecule has 94 valence electrons. The van der Waals surface area contributed by atoms with Crippen molar-refractivity contribution in [1.82, 2.24) is 4.98 Å². The monoisotopic (exact) mass is 260 g/mol. The van der Waals surface area contributed by atoms with Crippen LogP contribution in [0.3, 0.4) is 0 Å². The van der Waals surface area contributed by atoms with Gasteiger partial charge in [0.05, 0.1) is 10.9 Å². The first-order chi connectivity index (χ1) is 8.61. The fourth-order valence-electron chi connectivity index (χ4n) is 1.89. The summed E-state index contributed by atoms with van der Waals surface area (Å²) in [5.41, 5.74) is 2.68. The van der Waals surface area contributed by atoms with Crippen molar-refractivity contribution in [3.63, 3.8) is 0 Å². The maximum absolute atomic E-state index is 9.85. The summed E-state index contributed by atoms with van der Waals surface area (Å²) in [5.74, 6) is 0.172. The molecule has 1 aromatic heterocycles. The first kappa shape index (κ1) is 12.8. The van der Waals surface area contributed by atoms with E-state index in [4.69, 9.17) is 0 Å². The van der Waals surface area contributed by atoms with Crippen molar-refractivity contribution < 1.29 is 5.11 Å². The molecule has 1 heterocycles. The number of anilines is 1. The first-order valence-corrected chi connectivity index (χ1v) is 6.21. The van der Waals surface area contributed by atoms with Crippen molar-refractivity contribution in [1.29, 1.82) is 0 Å². The third-order valence-electron chi connectivity index (χ3n) is 2.79. The summed E-state index contributed by atoms with van der Waals surface area (Å²) in [6.07, 6.45) is 1.66. The Bertz CT molecular complexity index is 543. The Labute approximate surface area is 113 Å². The summed E-state index contributed by atoms with van der Waals surface area (Å²) >= 11 is 4.59. The van der Waals surface area contributed by atoms with E-state index in [0.29, 0.717) is 5.69 Å². The highest BCUT2D eigenvalue weighted by atomic mass is 32.1. The van der Waals surface area contributed by atoms with Gasteiger partial charge in [0, 0.05) is 26.0 Å². The maximum atomic E-state index is 9.85. The molecule has 0 radical (unpaired) electrons. The molecule has 3 nitrogen and oxygen atoms in total. The van der Waals surface area contributed by atoms with Gasteiger partial charge in [0.25, 0.3) is 0 Å². The number of para-hydroxylation sites is 1. The lowest BCUT2D eigenvalue weighted by atomic mass is 10.1. The van der Waals surface area contributed by atoms with E-state index in [2.05, 4.69) is 17.6 Å². The number of aromatic hydroxyl groups is 1. The Morgan fingerprint density at radius 1 is 1.17 bits per heavy atom. The van der Waals surface area contributed by atoms with Crippen LogP contribution >= 0.6 is 12.6 Å². The summed E-state index contributed by atoms with van der Waals surface area (Å²) in [4.78, 5) is 6.24. The van der Waals surface area contributed by atoms with Gasteiger partial charge in [-0.15, -0.1) is 0 Å². The zero-order chi connectivity index (χ0) is 13.1. The standard InChI is InChI=1S/C14H16N2OS/c1-16(2)11-7-4-3-6-10(11)14(18)13-12(17)8-5-9-15-13/h3-9,14,17-18H,1-2H3. The molecule has 0 aliphatic carbocycles. The van der Waals surface area contributed by atoms with Gasteiger partial charge < -0.3 is 10.0 Å². The van der Waals surface area contributed by atoms with Gasteiger partial charge in [0.1, 0.15) is 5.75 Å². The summed E-state index contributed by atoms with van der Waals surface area (Å²) in [6.45, 7) is 0. The molecule has 0 aliphatic rings. The Hall–Kier alpha value is -1.68. The number of hydrogen-bond donors (Lipinski definition) is 2. The highest BCUT2D eigenvalue weighted by Crippen LogP contribution is 2.36. The molecule has 1 aromatic carbocycles. The molecule has 0 spiro atoms. The molecule has 0 saturated carbocycles. The highest BCUT2D eigenvalue weighted by molar-refractivity contribution is 7.80. The maximum Gasteiger partial charge on any atom is 0.138 e. The average Bonchev–Trinajstić information content (AvgIpc) is 2.38. The number of pyridine rings is 1. The summed E-state index contributed by atoms with van der Waals surface area (Å²) in [5, 5.41) is 9.60. The Balaban J connectivity index is 2.46. The van der Waals surface area contributed by atoms with Crippen molar-refractivity contribution in [3.05, 3.63) is 53.9 Å². The van der Waals surface area contributed by atoms with Crippen LogP contribution in [0.2, 0.25) is 0 Å². The van der Waals surface area contributed by atoms with E-state index in [1.54, 1.807) is 18.3 Å². The number of benzene rings is 1. The zero-order valence-corrected chi connectivity index (χ0v) is 11.3. The van der Waals surface area contributed by atoms with Crippen LogP contribution < -0.4 is 4.90 Å². The molecular weight excluding hydrogens is 244 g/mol. The van der Waals surface area contributed by atoms with Gasteiger partial charge in [-0.05, 0) is 23.8 Å². The minimum absolute atomic E-state index is 0.172. The van der Waals surface area contributed by atoms with Gasteiger partial charge >= 0.3 is 0 Å². The fourth-order valence-corrected chi connectivity index (χ4v) is 2.31. The van der Waals surface area contributed by atoms with Crippen molar-refractivity contribution in [2.24, 2.45) is 0 Å². The number of nitrogens with zero attached hydrogens (tertiary/aromatic N) is 2. The molecule has 1 atom stereocenters. The Morgan fingerprint density at radius 3 is 2.56 bits per heavy atom. The second kappa shape index (κ2) is 5.31. The SMILES string of the molecule is CN(C)c1ccccc1C(S)c1ncccc1O. The molecule has 0 bridgehead atoms. The minimum Gasteiger partial charge on any atom is -0.506 e. The second-order valence-electron chi connectivity index (χ2n) is 4.26. The second-order valence-corrected chi connectivity index (χ2v) is 4.78. The third-order valence-corrected chi connectivity index (χ3v) is 3.31. The fraction of sp³-hybridized carbons (Fsp3) is 0.214. The van der Waals surface area contributed by atoms with E-state index in [9.17, 15) is 5.11 Å². The number of hydrogen-bond acceptors (Lipinski definition) is 4. The zero-order valence-electron chi connectivity index (χ0n) is 10.4. The lowest BCUT2D eigenvalue weighted by Gasteiger charge is -2.21. The van der Waals surface area contributed by atoms with Crippen LogP contribution in [0.5, 0.6) is 5.75 Å². The predicted molar refractivity (Wildman–Crippen MR) is 77.5 cm³/mol. The minimum atomic E-state index is -0.246. The van der Waals surface area contributed by atoms with E-state index < -0.39 is 0 Å². The Morgan fingerprint density at radius 2 is 1.89 bits per heavy atom. The van der Waals surface area contributed by atoms with Crippen LogP contribution in [0.4, 0.5) is 5.69 Å². The third kappa shape index (κ3) is 2.43. The molecule has 0 amide bonds. The molecular formula is C14H16N2OS. The molecule has 1 N–H and O–H groups in total. The van der Waals surface area contributed by atoms with Crippen LogP contribution in [-0.4, -0.2) is 24.2 Å². The Kier molecular flexibility index (Phi) is 3.77. The van der Waals surface area contributed by atoms with Crippen molar-refractivity contribution in [3.8, 4) is 5.75 Å². The van der Waals surface area contributed by atoms with Crippen molar-refractivity contribution in [2.75, 3.05) is 19.0 Å². The average molecular weight is 260 g/mol. The topological polar surface area (TPSA) is 36.4 Å². The highest BCUT2D eigenvalue weighted by Gasteiger charge is 2.18. The van der Waals surface area contributed by atoms with Crippen molar-refractivity contribution in [2.45, 2.75) is 5.25 Å². The van der Waals surface area contributed by atoms with Gasteiger partial charge in [-0.25, -0.2) is 0 Å². The van der Waals surface area contributed by atoms with Crippen LogP contribution in [-0.2, 0) is 0 Å². The largest absolute Gasteiger partial charge is 0.506 e. The van der Waals surface area contributed by atoms with Gasteiger partial charge in [-0.2, -0.15) is 12.6 Å². The van der Waals surface area contributed by atoms with E-state index in [1.165, 1.54) is 0 Å². The van der Waals surface area contributed by atoms with Gasteiger partial charge in [-0.3, -0.25) is 4.98 Å². The lowest BCUT2D eigenvalue weighted by molar-refractivity contribution is 0.465. The van der Waals surface area contributed by atoms with E-state index in [-0.39, 0.29) is 11.0 Å². The molecule has 18 heavy (non-hydrogen) atoms. The van der Waals surface area contributed by atoms with Crippen LogP contribution in [0, 0.1) is 0 Å². The van der Waals surface area contributed by atoms with Gasteiger partial charge in [0.15, 0.2) is 0 Å². The molecule has 1 unspecified atom stereocenters. The van der Waals surface area contributed by atoms with Gasteiger partial charge in [-0.1, -0.05) is 18.2 Å². The molecule has 0 fully saturated rings. The normalized spacial score (nSPS) is 12.2. The first-order valence-electron chi connectivity index (χ1n) is 5.69. The molecule has 2 aromatic rings. The summed E-state index contributed by atoms with van der Waals surface area (Å²) < 4.78 is 0. The predicted octanol–water partition coefficient (Wildman–Crippen LogP) is 2.87. The molecule has 2 rings (SSSR count). The summed E-state index contributed by atoms with van der Waals surface area (Å²) in [6, 6.07) is 11.3. The molecule has 0 saturated heterocycles. The smallest absolute Gasteiger partial charge is 0.138 e.